The van der Waals surface area contributed by atoms with E-state index >= 15 is 0 Å². The van der Waals surface area contributed by atoms with E-state index in [2.05, 4.69) is 10.0 Å². The summed E-state index contributed by atoms with van der Waals surface area (Å²) in [4.78, 5) is 2.57. The van der Waals surface area contributed by atoms with Crippen molar-refractivity contribution in [1.29, 1.82) is 0 Å². The first-order valence-electron chi connectivity index (χ1n) is 5.55. The van der Waals surface area contributed by atoms with E-state index in [0.717, 1.165) is 0 Å². The van der Waals surface area contributed by atoms with Gasteiger partial charge in [0.15, 0.2) is 12.1 Å². The van der Waals surface area contributed by atoms with Gasteiger partial charge in [0.2, 0.25) is 12.1 Å². The number of ether oxygens (including phenoxy) is 3. The molecule has 0 aromatic carbocycles. The third-order valence-electron chi connectivity index (χ3n) is 3.00. The Morgan fingerprint density at radius 1 is 1.32 bits per heavy atom. The predicted molar refractivity (Wildman–Crippen MR) is 57.0 cm³/mol. The number of aliphatic hydroxyl groups is 4. The molecule has 0 bridgehead atoms. The van der Waals surface area contributed by atoms with Gasteiger partial charge in [0.1, 0.15) is 18.2 Å². The van der Waals surface area contributed by atoms with Gasteiger partial charge < -0.3 is 34.6 Å². The second-order valence-corrected chi connectivity index (χ2v) is 4.88. The van der Waals surface area contributed by atoms with Crippen LogP contribution in [0.5, 0.6) is 0 Å². The van der Waals surface area contributed by atoms with Gasteiger partial charge in [-0.15, -0.1) is 0 Å². The van der Waals surface area contributed by atoms with Crippen molar-refractivity contribution in [3.05, 3.63) is 10.4 Å². The molecular weight excluding hydrogens is 262 g/mol. The highest BCUT2D eigenvalue weighted by atomic mass is 16.8. The van der Waals surface area contributed by atoms with Crippen LogP contribution in [0.1, 0.15) is 13.8 Å². The Hall–Kier alpha value is -0.970. The van der Waals surface area contributed by atoms with Crippen molar-refractivity contribution in [2.75, 3.05) is 0 Å². The zero-order valence-corrected chi connectivity index (χ0v) is 10.2. The van der Waals surface area contributed by atoms with E-state index < -0.39 is 42.4 Å². The van der Waals surface area contributed by atoms with Gasteiger partial charge in [0.05, 0.1) is 0 Å². The lowest BCUT2D eigenvalue weighted by Gasteiger charge is -2.33. The Bertz CT molecular complexity index is 407. The molecule has 0 aromatic rings. The number of aliphatic hydroxyl groups excluding tert-OH is 1. The van der Waals surface area contributed by atoms with Crippen LogP contribution >= 0.6 is 0 Å². The van der Waals surface area contributed by atoms with E-state index in [9.17, 15) is 10.2 Å². The maximum Gasteiger partial charge on any atom is 0.243 e. The summed E-state index contributed by atoms with van der Waals surface area (Å²) in [6.07, 6.45) is -5.95. The second-order valence-electron chi connectivity index (χ2n) is 4.88. The molecule has 0 aliphatic carbocycles. The molecule has 4 N–H and O–H groups in total. The molecule has 0 radical (unpaired) electrons. The maximum atomic E-state index is 9.61. The summed E-state index contributed by atoms with van der Waals surface area (Å²) < 4.78 is 16.0. The van der Waals surface area contributed by atoms with Crippen LogP contribution in [0.3, 0.4) is 0 Å². The largest absolute Gasteiger partial charge is 0.364 e. The minimum atomic E-state index is -3.01. The summed E-state index contributed by atoms with van der Waals surface area (Å²) in [5.41, 5.74) is 8.52. The maximum absolute atomic E-state index is 9.61. The van der Waals surface area contributed by atoms with Crippen LogP contribution in [0.25, 0.3) is 10.4 Å². The van der Waals surface area contributed by atoms with Gasteiger partial charge in [-0.25, -0.2) is 0 Å². The van der Waals surface area contributed by atoms with Crippen LogP contribution in [-0.4, -0.2) is 62.8 Å². The molecule has 0 spiro atoms. The van der Waals surface area contributed by atoms with Crippen molar-refractivity contribution in [2.24, 2.45) is 5.11 Å². The van der Waals surface area contributed by atoms with Crippen molar-refractivity contribution >= 4 is 0 Å². The zero-order valence-electron chi connectivity index (χ0n) is 10.2. The molecule has 108 valence electrons. The number of hydrogen-bond acceptors (Lipinski definition) is 8. The van der Waals surface area contributed by atoms with Crippen molar-refractivity contribution in [3.63, 3.8) is 0 Å². The van der Waals surface area contributed by atoms with E-state index in [1.165, 1.54) is 0 Å². The molecule has 10 nitrogen and oxygen atoms in total. The second kappa shape index (κ2) is 4.54. The van der Waals surface area contributed by atoms with E-state index in [1.807, 2.05) is 0 Å². The van der Waals surface area contributed by atoms with E-state index in [4.69, 9.17) is 30.0 Å². The van der Waals surface area contributed by atoms with Gasteiger partial charge in [0, 0.05) is 4.91 Å². The minimum absolute atomic E-state index is 0.867. The SMILES string of the molecule is CC1(C)O[C@H]2O[C@H](C(O)(O)C(O)O)[C@H](N=[N+]=[N-])[C@H]2O1. The number of fused-ring (bicyclic) bond motifs is 1. The Balaban J connectivity index is 2.27. The molecule has 2 heterocycles. The average molecular weight is 277 g/mol. The average Bonchev–Trinajstić information content (AvgIpc) is 2.73. The molecule has 0 amide bonds. The van der Waals surface area contributed by atoms with Gasteiger partial charge >= 0.3 is 0 Å². The standard InChI is InChI=1S/C9H15N3O7/c1-8(2)18-4-3(11-12-10)5(17-6(4)19-8)9(15,16)7(13)14/h3-7,13-16H,1-2H3/t3-,4-,5+,6-/m1/s1. The monoisotopic (exact) mass is 277 g/mol. The van der Waals surface area contributed by atoms with Crippen molar-refractivity contribution in [2.45, 2.75) is 56.3 Å². The molecule has 4 atom stereocenters. The van der Waals surface area contributed by atoms with Gasteiger partial charge in [-0.05, 0) is 19.4 Å². The molecule has 10 heteroatoms. The molecule has 0 unspecified atom stereocenters. The molecule has 2 aliphatic rings. The third kappa shape index (κ3) is 2.40. The van der Waals surface area contributed by atoms with Crippen LogP contribution in [0.4, 0.5) is 0 Å². The Kier molecular flexibility index (Phi) is 3.45. The van der Waals surface area contributed by atoms with Gasteiger partial charge in [-0.3, -0.25) is 0 Å². The Morgan fingerprint density at radius 3 is 2.47 bits per heavy atom. The fraction of sp³-hybridized carbons (Fsp3) is 1.00. The van der Waals surface area contributed by atoms with Gasteiger partial charge in [0.25, 0.3) is 0 Å². The zero-order chi connectivity index (χ0) is 14.4. The molecule has 2 fully saturated rings. The third-order valence-corrected chi connectivity index (χ3v) is 3.00. The molecule has 19 heavy (non-hydrogen) atoms. The quantitative estimate of drug-likeness (QED) is 0.212. The fourth-order valence-electron chi connectivity index (χ4n) is 2.18. The summed E-state index contributed by atoms with van der Waals surface area (Å²) in [5.74, 6) is -3.99. The predicted octanol–water partition coefficient (Wildman–Crippen LogP) is -1.47. The first-order chi connectivity index (χ1) is 8.69. The molecule has 2 aliphatic heterocycles. The van der Waals surface area contributed by atoms with Crippen molar-refractivity contribution < 1.29 is 34.6 Å². The molecule has 2 saturated heterocycles. The van der Waals surface area contributed by atoms with Gasteiger partial charge in [-0.1, -0.05) is 5.11 Å². The van der Waals surface area contributed by atoms with Gasteiger partial charge in [-0.2, -0.15) is 0 Å². The Labute approximate surface area is 107 Å². The van der Waals surface area contributed by atoms with Crippen molar-refractivity contribution in [1.82, 2.24) is 0 Å². The first-order valence-corrected chi connectivity index (χ1v) is 5.55. The summed E-state index contributed by atoms with van der Waals surface area (Å²) in [6.45, 7) is 3.23. The Morgan fingerprint density at radius 2 is 1.95 bits per heavy atom. The summed E-state index contributed by atoms with van der Waals surface area (Å²) in [7, 11) is 0. The molecule has 2 rings (SSSR count). The minimum Gasteiger partial charge on any atom is -0.364 e. The number of rotatable bonds is 3. The van der Waals surface area contributed by atoms with Crippen LogP contribution in [0.2, 0.25) is 0 Å². The topological polar surface area (TPSA) is 157 Å². The number of hydrogen-bond donors (Lipinski definition) is 4. The summed E-state index contributed by atoms with van der Waals surface area (Å²) in [6, 6.07) is -1.17. The first kappa shape index (κ1) is 14.4. The lowest BCUT2D eigenvalue weighted by Crippen LogP contribution is -2.56. The van der Waals surface area contributed by atoms with Crippen LogP contribution in [0, 0.1) is 0 Å². The molecular formula is C9H15N3O7. The lowest BCUT2D eigenvalue weighted by atomic mass is 10.0. The highest BCUT2D eigenvalue weighted by molar-refractivity contribution is 5.03. The normalized spacial score (nSPS) is 37.2. The van der Waals surface area contributed by atoms with Crippen LogP contribution in [-0.2, 0) is 14.2 Å². The van der Waals surface area contributed by atoms with Crippen molar-refractivity contribution in [3.8, 4) is 0 Å². The van der Waals surface area contributed by atoms with Crippen LogP contribution < -0.4 is 0 Å². The highest BCUT2D eigenvalue weighted by Gasteiger charge is 2.61. The number of nitrogens with zero attached hydrogens (tertiary/aromatic N) is 3. The van der Waals surface area contributed by atoms with Crippen LogP contribution in [0.15, 0.2) is 5.11 Å². The summed E-state index contributed by atoms with van der Waals surface area (Å²) >= 11 is 0. The summed E-state index contributed by atoms with van der Waals surface area (Å²) in [5, 5.41) is 40.5. The molecule has 0 aromatic heterocycles. The molecule has 0 saturated carbocycles. The van der Waals surface area contributed by atoms with E-state index in [-0.39, 0.29) is 0 Å². The lowest BCUT2D eigenvalue weighted by molar-refractivity contribution is -0.344. The smallest absolute Gasteiger partial charge is 0.243 e. The van der Waals surface area contributed by atoms with E-state index in [0.29, 0.717) is 0 Å². The fourth-order valence-corrected chi connectivity index (χ4v) is 2.18. The number of azide groups is 1. The van der Waals surface area contributed by atoms with E-state index in [1.54, 1.807) is 13.8 Å². The highest BCUT2D eigenvalue weighted by Crippen LogP contribution is 2.41.